The van der Waals surface area contributed by atoms with Gasteiger partial charge in [0.2, 0.25) is 0 Å². The molecule has 104 valence electrons. The van der Waals surface area contributed by atoms with Crippen LogP contribution in [-0.4, -0.2) is 32.8 Å². The van der Waals surface area contributed by atoms with Gasteiger partial charge in [0.25, 0.3) is 5.91 Å². The molecule has 1 aromatic heterocycles. The van der Waals surface area contributed by atoms with E-state index >= 15 is 0 Å². The number of carbonyl (C=O) groups is 2. The molecular weight excluding hydrogens is 246 g/mol. The zero-order chi connectivity index (χ0) is 14.2. The van der Waals surface area contributed by atoms with Gasteiger partial charge >= 0.3 is 5.97 Å². The summed E-state index contributed by atoms with van der Waals surface area (Å²) in [6.07, 6.45) is 2.26. The van der Waals surface area contributed by atoms with E-state index < -0.39 is 17.9 Å². The SMILES string of the molecule is CC(C)[C@@H](NC(=O)c1cc(C2CC2)n(C)n1)C(=O)O. The second kappa shape index (κ2) is 5.03. The van der Waals surface area contributed by atoms with Crippen molar-refractivity contribution in [3.8, 4) is 0 Å². The van der Waals surface area contributed by atoms with E-state index in [1.807, 2.05) is 7.05 Å². The highest BCUT2D eigenvalue weighted by molar-refractivity contribution is 5.95. The molecule has 1 heterocycles. The molecular formula is C13H19N3O3. The largest absolute Gasteiger partial charge is 0.480 e. The number of carbonyl (C=O) groups excluding carboxylic acids is 1. The van der Waals surface area contributed by atoms with Gasteiger partial charge in [0.05, 0.1) is 0 Å². The van der Waals surface area contributed by atoms with Crippen LogP contribution in [0.3, 0.4) is 0 Å². The Balaban J connectivity index is 2.10. The molecule has 6 nitrogen and oxygen atoms in total. The Labute approximate surface area is 111 Å². The van der Waals surface area contributed by atoms with Crippen LogP contribution in [-0.2, 0) is 11.8 Å². The van der Waals surface area contributed by atoms with Crippen molar-refractivity contribution in [3.63, 3.8) is 0 Å². The zero-order valence-corrected chi connectivity index (χ0v) is 11.4. The molecule has 2 N–H and O–H groups in total. The molecule has 1 aromatic rings. The van der Waals surface area contributed by atoms with Crippen molar-refractivity contribution in [2.45, 2.75) is 38.6 Å². The summed E-state index contributed by atoms with van der Waals surface area (Å²) in [5.74, 6) is -1.13. The van der Waals surface area contributed by atoms with Crippen molar-refractivity contribution in [2.24, 2.45) is 13.0 Å². The van der Waals surface area contributed by atoms with E-state index in [9.17, 15) is 9.59 Å². The van der Waals surface area contributed by atoms with Gasteiger partial charge in [-0.25, -0.2) is 4.79 Å². The molecule has 1 aliphatic rings. The van der Waals surface area contributed by atoms with Crippen molar-refractivity contribution >= 4 is 11.9 Å². The van der Waals surface area contributed by atoms with Gasteiger partial charge in [-0.15, -0.1) is 0 Å². The van der Waals surface area contributed by atoms with Crippen LogP contribution in [0.4, 0.5) is 0 Å². The van der Waals surface area contributed by atoms with E-state index in [0.29, 0.717) is 5.92 Å². The van der Waals surface area contributed by atoms with Gasteiger partial charge in [0.1, 0.15) is 11.7 Å². The van der Waals surface area contributed by atoms with Gasteiger partial charge in [-0.1, -0.05) is 13.8 Å². The maximum absolute atomic E-state index is 12.0. The predicted molar refractivity (Wildman–Crippen MR) is 68.9 cm³/mol. The second-order valence-corrected chi connectivity index (χ2v) is 5.39. The lowest BCUT2D eigenvalue weighted by Crippen LogP contribution is -2.44. The smallest absolute Gasteiger partial charge is 0.326 e. The first-order chi connectivity index (χ1) is 8.90. The van der Waals surface area contributed by atoms with E-state index in [2.05, 4.69) is 10.4 Å². The molecule has 1 amide bonds. The lowest BCUT2D eigenvalue weighted by molar-refractivity contribution is -0.140. The fourth-order valence-electron chi connectivity index (χ4n) is 2.08. The zero-order valence-electron chi connectivity index (χ0n) is 11.4. The molecule has 6 heteroatoms. The first kappa shape index (κ1) is 13.6. The fraction of sp³-hybridized carbons (Fsp3) is 0.615. The van der Waals surface area contributed by atoms with Gasteiger partial charge < -0.3 is 10.4 Å². The second-order valence-electron chi connectivity index (χ2n) is 5.39. The first-order valence-corrected chi connectivity index (χ1v) is 6.47. The van der Waals surface area contributed by atoms with E-state index in [-0.39, 0.29) is 11.6 Å². The molecule has 1 aliphatic carbocycles. The molecule has 0 unspecified atom stereocenters. The number of aromatic nitrogens is 2. The Morgan fingerprint density at radius 3 is 2.58 bits per heavy atom. The molecule has 0 aromatic carbocycles. The van der Waals surface area contributed by atoms with Crippen LogP contribution in [0.5, 0.6) is 0 Å². The number of hydrogen-bond donors (Lipinski definition) is 2. The number of amides is 1. The number of hydrogen-bond acceptors (Lipinski definition) is 3. The minimum Gasteiger partial charge on any atom is -0.480 e. The number of aliphatic carboxylic acids is 1. The lowest BCUT2D eigenvalue weighted by atomic mass is 10.0. The Hall–Kier alpha value is -1.85. The van der Waals surface area contributed by atoms with Crippen LogP contribution in [0.1, 0.15) is 48.8 Å². The number of carboxylic acid groups (broad SMARTS) is 1. The van der Waals surface area contributed by atoms with E-state index in [0.717, 1.165) is 18.5 Å². The maximum atomic E-state index is 12.0. The van der Waals surface area contributed by atoms with E-state index in [4.69, 9.17) is 5.11 Å². The summed E-state index contributed by atoms with van der Waals surface area (Å²) in [7, 11) is 1.81. The summed E-state index contributed by atoms with van der Waals surface area (Å²) in [5.41, 5.74) is 1.33. The number of nitrogens with one attached hydrogen (secondary N) is 1. The normalized spacial score (nSPS) is 16.4. The molecule has 1 saturated carbocycles. The third-order valence-electron chi connectivity index (χ3n) is 3.36. The minimum atomic E-state index is -1.03. The fourth-order valence-corrected chi connectivity index (χ4v) is 2.08. The summed E-state index contributed by atoms with van der Waals surface area (Å²) in [5, 5.41) is 15.7. The monoisotopic (exact) mass is 265 g/mol. The Morgan fingerprint density at radius 1 is 1.47 bits per heavy atom. The van der Waals surface area contributed by atoms with Crippen LogP contribution in [0.2, 0.25) is 0 Å². The number of rotatable bonds is 5. The van der Waals surface area contributed by atoms with Crippen molar-refractivity contribution in [1.82, 2.24) is 15.1 Å². The van der Waals surface area contributed by atoms with E-state index in [1.54, 1.807) is 24.6 Å². The first-order valence-electron chi connectivity index (χ1n) is 6.47. The van der Waals surface area contributed by atoms with Crippen molar-refractivity contribution in [2.75, 3.05) is 0 Å². The summed E-state index contributed by atoms with van der Waals surface area (Å²) in [6.45, 7) is 3.51. The van der Waals surface area contributed by atoms with Crippen LogP contribution in [0.15, 0.2) is 6.07 Å². The number of carboxylic acids is 1. The Morgan fingerprint density at radius 2 is 2.11 bits per heavy atom. The summed E-state index contributed by atoms with van der Waals surface area (Å²) < 4.78 is 1.71. The third kappa shape index (κ3) is 2.94. The predicted octanol–water partition coefficient (Wildman–Crippen LogP) is 1.14. The van der Waals surface area contributed by atoms with Crippen molar-refractivity contribution in [1.29, 1.82) is 0 Å². The standard InChI is InChI=1S/C13H19N3O3/c1-7(2)11(13(18)19)14-12(17)9-6-10(8-4-5-8)16(3)15-9/h6-8,11H,4-5H2,1-3H3,(H,14,17)(H,18,19)/t11-/m1/s1. The number of aryl methyl sites for hydroxylation is 1. The molecule has 1 atom stereocenters. The highest BCUT2D eigenvalue weighted by Gasteiger charge is 2.29. The quantitative estimate of drug-likeness (QED) is 0.836. The maximum Gasteiger partial charge on any atom is 0.326 e. The van der Waals surface area contributed by atoms with E-state index in [1.165, 1.54) is 0 Å². The summed E-state index contributed by atoms with van der Waals surface area (Å²) >= 11 is 0. The average Bonchev–Trinajstić information content (AvgIpc) is 3.08. The highest BCUT2D eigenvalue weighted by Crippen LogP contribution is 2.39. The summed E-state index contributed by atoms with van der Waals surface area (Å²) in [6, 6.07) is 0.866. The molecule has 0 bridgehead atoms. The highest BCUT2D eigenvalue weighted by atomic mass is 16.4. The lowest BCUT2D eigenvalue weighted by Gasteiger charge is -2.16. The topological polar surface area (TPSA) is 84.2 Å². The van der Waals surface area contributed by atoms with Crippen molar-refractivity contribution < 1.29 is 14.7 Å². The summed E-state index contributed by atoms with van der Waals surface area (Å²) in [4.78, 5) is 23.1. The van der Waals surface area contributed by atoms with Gasteiger partial charge in [0, 0.05) is 18.7 Å². The molecule has 0 spiro atoms. The molecule has 19 heavy (non-hydrogen) atoms. The molecule has 0 aliphatic heterocycles. The molecule has 1 fully saturated rings. The average molecular weight is 265 g/mol. The van der Waals surface area contributed by atoms with Crippen LogP contribution >= 0.6 is 0 Å². The number of nitrogens with zero attached hydrogens (tertiary/aromatic N) is 2. The van der Waals surface area contributed by atoms with Gasteiger partial charge in [0.15, 0.2) is 0 Å². The molecule has 2 rings (SSSR count). The molecule has 0 saturated heterocycles. The van der Waals surface area contributed by atoms with Gasteiger partial charge in [-0.3, -0.25) is 9.48 Å². The van der Waals surface area contributed by atoms with Gasteiger partial charge in [-0.05, 0) is 24.8 Å². The Kier molecular flexibility index (Phi) is 3.59. The van der Waals surface area contributed by atoms with Gasteiger partial charge in [-0.2, -0.15) is 5.10 Å². The molecule has 0 radical (unpaired) electrons. The van der Waals surface area contributed by atoms with Crippen molar-refractivity contribution in [3.05, 3.63) is 17.5 Å². The third-order valence-corrected chi connectivity index (χ3v) is 3.36. The Bertz CT molecular complexity index is 503. The van der Waals surface area contributed by atoms with Crippen LogP contribution in [0, 0.1) is 5.92 Å². The minimum absolute atomic E-state index is 0.173. The van der Waals surface area contributed by atoms with Crippen LogP contribution < -0.4 is 5.32 Å². The van der Waals surface area contributed by atoms with Crippen LogP contribution in [0.25, 0.3) is 0 Å².